The Hall–Kier alpha value is -1.22. The molecule has 92 valence electrons. The molecule has 1 unspecified atom stereocenters. The number of hydrogen-bond donors (Lipinski definition) is 2. The molecule has 3 nitrogen and oxygen atoms in total. The maximum absolute atomic E-state index is 11.1. The maximum atomic E-state index is 11.1. The molecule has 2 N–H and O–H groups in total. The monoisotopic (exact) mass is 253 g/mol. The minimum Gasteiger partial charge on any atom is -0.481 e. The molecular formula is C13H16ClNO2. The summed E-state index contributed by atoms with van der Waals surface area (Å²) in [5.74, 6) is -0.756. The molecule has 1 heterocycles. The molecule has 0 fully saturated rings. The van der Waals surface area contributed by atoms with Crippen LogP contribution in [0, 0.1) is 5.41 Å². The van der Waals surface area contributed by atoms with Crippen LogP contribution in [0.2, 0.25) is 5.02 Å². The minimum atomic E-state index is -0.756. The normalized spacial score (nSPS) is 18.6. The van der Waals surface area contributed by atoms with Crippen molar-refractivity contribution in [1.82, 2.24) is 0 Å². The number of halogens is 1. The molecule has 17 heavy (non-hydrogen) atoms. The lowest BCUT2D eigenvalue weighted by molar-refractivity contribution is -0.147. The molecule has 0 bridgehead atoms. The van der Waals surface area contributed by atoms with E-state index in [1.165, 1.54) is 5.56 Å². The Morgan fingerprint density at radius 3 is 2.94 bits per heavy atom. The van der Waals surface area contributed by atoms with Gasteiger partial charge in [0.25, 0.3) is 0 Å². The first-order chi connectivity index (χ1) is 7.88. The molecule has 0 aromatic heterocycles. The molecule has 1 aromatic rings. The number of fused-ring (bicyclic) bond motifs is 1. The van der Waals surface area contributed by atoms with Crippen molar-refractivity contribution in [1.29, 1.82) is 0 Å². The lowest BCUT2D eigenvalue weighted by Crippen LogP contribution is -2.31. The Labute approximate surface area is 106 Å². The number of carboxylic acids is 1. The Bertz CT molecular complexity index is 457. The van der Waals surface area contributed by atoms with E-state index in [9.17, 15) is 4.79 Å². The van der Waals surface area contributed by atoms with Gasteiger partial charge in [0.1, 0.15) is 0 Å². The minimum absolute atomic E-state index is 0.176. The molecule has 1 aliphatic heterocycles. The molecule has 1 aliphatic rings. The third-order valence-corrected chi connectivity index (χ3v) is 3.46. The van der Waals surface area contributed by atoms with Crippen LogP contribution in [0.4, 0.5) is 5.69 Å². The number of rotatable bonds is 3. The first kappa shape index (κ1) is 12.2. The highest BCUT2D eigenvalue weighted by molar-refractivity contribution is 6.30. The number of carboxylic acid groups (broad SMARTS) is 1. The highest BCUT2D eigenvalue weighted by Gasteiger charge is 2.33. The molecule has 1 aromatic carbocycles. The number of aliphatic carboxylic acids is 1. The second kappa shape index (κ2) is 4.22. The van der Waals surface area contributed by atoms with Crippen LogP contribution < -0.4 is 5.32 Å². The SMILES string of the molecule is CC(C)(CC1Cc2cc(Cl)ccc2N1)C(=O)O. The fraction of sp³-hybridized carbons (Fsp3) is 0.462. The summed E-state index contributed by atoms with van der Waals surface area (Å²) < 4.78 is 0. The van der Waals surface area contributed by atoms with Gasteiger partial charge in [0, 0.05) is 16.8 Å². The highest BCUT2D eigenvalue weighted by Crippen LogP contribution is 2.33. The number of carbonyl (C=O) groups is 1. The van der Waals surface area contributed by atoms with E-state index >= 15 is 0 Å². The molecule has 0 amide bonds. The Balaban J connectivity index is 2.08. The smallest absolute Gasteiger partial charge is 0.309 e. The van der Waals surface area contributed by atoms with Crippen LogP contribution in [0.1, 0.15) is 25.8 Å². The molecule has 0 radical (unpaired) electrons. The summed E-state index contributed by atoms with van der Waals surface area (Å²) in [6.07, 6.45) is 1.45. The summed E-state index contributed by atoms with van der Waals surface area (Å²) in [7, 11) is 0. The molecule has 0 aliphatic carbocycles. The van der Waals surface area contributed by atoms with Crippen LogP contribution in [0.25, 0.3) is 0 Å². The molecule has 1 atom stereocenters. The first-order valence-electron chi connectivity index (χ1n) is 5.67. The van der Waals surface area contributed by atoms with Crippen LogP contribution in [0.5, 0.6) is 0 Å². The molecule has 0 spiro atoms. The van der Waals surface area contributed by atoms with Gasteiger partial charge in [-0.25, -0.2) is 0 Å². The van der Waals surface area contributed by atoms with E-state index in [4.69, 9.17) is 16.7 Å². The van der Waals surface area contributed by atoms with Gasteiger partial charge in [-0.1, -0.05) is 11.6 Å². The zero-order valence-electron chi connectivity index (χ0n) is 9.96. The fourth-order valence-corrected chi connectivity index (χ4v) is 2.43. The van der Waals surface area contributed by atoms with Crippen LogP contribution in [0.15, 0.2) is 18.2 Å². The molecular weight excluding hydrogens is 238 g/mol. The zero-order valence-corrected chi connectivity index (χ0v) is 10.7. The van der Waals surface area contributed by atoms with E-state index in [1.807, 2.05) is 18.2 Å². The summed E-state index contributed by atoms with van der Waals surface area (Å²) >= 11 is 5.93. The lowest BCUT2D eigenvalue weighted by Gasteiger charge is -2.23. The molecule has 4 heteroatoms. The van der Waals surface area contributed by atoms with Crippen LogP contribution in [-0.2, 0) is 11.2 Å². The van der Waals surface area contributed by atoms with E-state index in [-0.39, 0.29) is 6.04 Å². The van der Waals surface area contributed by atoms with Gasteiger partial charge in [0.15, 0.2) is 0 Å². The topological polar surface area (TPSA) is 49.3 Å². The summed E-state index contributed by atoms with van der Waals surface area (Å²) in [6.45, 7) is 3.51. The van der Waals surface area contributed by atoms with Crippen molar-refractivity contribution in [2.75, 3.05) is 5.32 Å². The maximum Gasteiger partial charge on any atom is 0.309 e. The highest BCUT2D eigenvalue weighted by atomic mass is 35.5. The number of nitrogens with one attached hydrogen (secondary N) is 1. The summed E-state index contributed by atoms with van der Waals surface area (Å²) in [6, 6.07) is 5.91. The van der Waals surface area contributed by atoms with E-state index in [2.05, 4.69) is 5.32 Å². The number of benzene rings is 1. The van der Waals surface area contributed by atoms with E-state index < -0.39 is 11.4 Å². The van der Waals surface area contributed by atoms with Gasteiger partial charge in [-0.05, 0) is 50.5 Å². The molecule has 0 saturated heterocycles. The van der Waals surface area contributed by atoms with E-state index in [0.717, 1.165) is 17.1 Å². The van der Waals surface area contributed by atoms with Gasteiger partial charge in [0.2, 0.25) is 0 Å². The van der Waals surface area contributed by atoms with Crippen molar-refractivity contribution in [2.24, 2.45) is 5.41 Å². The van der Waals surface area contributed by atoms with Crippen LogP contribution in [0.3, 0.4) is 0 Å². The van der Waals surface area contributed by atoms with Crippen molar-refractivity contribution in [2.45, 2.75) is 32.7 Å². The first-order valence-corrected chi connectivity index (χ1v) is 6.04. The summed E-state index contributed by atoms with van der Waals surface area (Å²) in [4.78, 5) is 11.1. The van der Waals surface area contributed by atoms with Crippen molar-refractivity contribution in [3.63, 3.8) is 0 Å². The van der Waals surface area contributed by atoms with Crippen molar-refractivity contribution >= 4 is 23.3 Å². The van der Waals surface area contributed by atoms with Crippen molar-refractivity contribution < 1.29 is 9.90 Å². The average Bonchev–Trinajstić information content (AvgIpc) is 2.57. The average molecular weight is 254 g/mol. The Morgan fingerprint density at radius 2 is 2.29 bits per heavy atom. The molecule has 2 rings (SSSR count). The van der Waals surface area contributed by atoms with Gasteiger partial charge >= 0.3 is 5.97 Å². The van der Waals surface area contributed by atoms with Crippen molar-refractivity contribution in [3.8, 4) is 0 Å². The predicted octanol–water partition coefficient (Wildman–Crippen LogP) is 3.18. The predicted molar refractivity (Wildman–Crippen MR) is 68.6 cm³/mol. The van der Waals surface area contributed by atoms with Crippen LogP contribution in [-0.4, -0.2) is 17.1 Å². The number of hydrogen-bond acceptors (Lipinski definition) is 2. The van der Waals surface area contributed by atoms with Gasteiger partial charge in [0.05, 0.1) is 5.41 Å². The lowest BCUT2D eigenvalue weighted by atomic mass is 9.85. The second-order valence-electron chi connectivity index (χ2n) is 5.24. The number of anilines is 1. The van der Waals surface area contributed by atoms with Gasteiger partial charge in [-0.15, -0.1) is 0 Å². The Morgan fingerprint density at radius 1 is 1.59 bits per heavy atom. The standard InChI is InChI=1S/C13H16ClNO2/c1-13(2,12(16)17)7-10-6-8-5-9(14)3-4-11(8)15-10/h3-5,10,15H,6-7H2,1-2H3,(H,16,17). The van der Waals surface area contributed by atoms with Gasteiger partial charge < -0.3 is 10.4 Å². The van der Waals surface area contributed by atoms with Gasteiger partial charge in [-0.2, -0.15) is 0 Å². The third-order valence-electron chi connectivity index (χ3n) is 3.23. The third kappa shape index (κ3) is 2.55. The zero-order chi connectivity index (χ0) is 12.6. The van der Waals surface area contributed by atoms with E-state index in [0.29, 0.717) is 6.42 Å². The van der Waals surface area contributed by atoms with Crippen molar-refractivity contribution in [3.05, 3.63) is 28.8 Å². The Kier molecular flexibility index (Phi) is 3.04. The van der Waals surface area contributed by atoms with Crippen LogP contribution >= 0.6 is 11.6 Å². The molecule has 0 saturated carbocycles. The largest absolute Gasteiger partial charge is 0.481 e. The fourth-order valence-electron chi connectivity index (χ4n) is 2.23. The second-order valence-corrected chi connectivity index (χ2v) is 5.68. The summed E-state index contributed by atoms with van der Waals surface area (Å²) in [5, 5.41) is 13.2. The van der Waals surface area contributed by atoms with Gasteiger partial charge in [-0.3, -0.25) is 4.79 Å². The summed E-state index contributed by atoms with van der Waals surface area (Å²) in [5.41, 5.74) is 1.54. The van der Waals surface area contributed by atoms with E-state index in [1.54, 1.807) is 13.8 Å². The quantitative estimate of drug-likeness (QED) is 0.870.